The molecule has 80 valence electrons. The molecule has 0 aliphatic heterocycles. The topological polar surface area (TPSA) is 12.9 Å². The second kappa shape index (κ2) is 6.36. The molecule has 2 aromatic heterocycles. The van der Waals surface area contributed by atoms with Crippen LogP contribution in [0.4, 0.5) is 0 Å². The molecule has 0 N–H and O–H groups in total. The highest BCUT2D eigenvalue weighted by atomic mass is 32.1. The third-order valence-corrected chi connectivity index (χ3v) is 3.07. The van der Waals surface area contributed by atoms with Crippen LogP contribution < -0.4 is 0 Å². The van der Waals surface area contributed by atoms with Crippen molar-refractivity contribution in [2.24, 2.45) is 0 Å². The van der Waals surface area contributed by atoms with Gasteiger partial charge in [-0.2, -0.15) is 0 Å². The van der Waals surface area contributed by atoms with Gasteiger partial charge in [-0.15, -0.1) is 11.3 Å². The first-order valence-electron chi connectivity index (χ1n) is 5.39. The zero-order valence-electron chi connectivity index (χ0n) is 9.53. The number of aryl methyl sites for hydroxylation is 1. The van der Waals surface area contributed by atoms with E-state index in [0.717, 1.165) is 12.1 Å². The maximum atomic E-state index is 4.34. The quantitative estimate of drug-likeness (QED) is 0.729. The van der Waals surface area contributed by atoms with Crippen molar-refractivity contribution in [3.05, 3.63) is 40.7 Å². The molecule has 2 heteroatoms. The molecule has 0 radical (unpaired) electrons. The van der Waals surface area contributed by atoms with Gasteiger partial charge >= 0.3 is 0 Å². The Morgan fingerprint density at radius 3 is 2.60 bits per heavy atom. The number of hydrogen-bond acceptors (Lipinski definition) is 2. The van der Waals surface area contributed by atoms with Crippen molar-refractivity contribution in [1.82, 2.24) is 4.98 Å². The van der Waals surface area contributed by atoms with Crippen molar-refractivity contribution in [2.75, 3.05) is 0 Å². The molecule has 0 spiro atoms. The second-order valence-corrected chi connectivity index (χ2v) is 3.83. The molecule has 15 heavy (non-hydrogen) atoms. The fraction of sp³-hybridized carbons (Fsp3) is 0.308. The van der Waals surface area contributed by atoms with Crippen LogP contribution in [0, 0.1) is 0 Å². The van der Waals surface area contributed by atoms with E-state index in [4.69, 9.17) is 0 Å². The van der Waals surface area contributed by atoms with Gasteiger partial charge in [0.05, 0.1) is 5.69 Å². The fourth-order valence-corrected chi connectivity index (χ4v) is 2.20. The standard InChI is InChI=1S/C11H11NS.C2H6/c1-2-11-9(6-8-13-11)10-5-3-4-7-12-10;1-2/h3-8H,2H2,1H3;1-2H3. The summed E-state index contributed by atoms with van der Waals surface area (Å²) in [5.74, 6) is 0. The molecule has 0 aliphatic rings. The van der Waals surface area contributed by atoms with Crippen LogP contribution >= 0.6 is 11.3 Å². The average Bonchev–Trinajstić information content (AvgIpc) is 2.81. The lowest BCUT2D eigenvalue weighted by atomic mass is 10.1. The molecule has 0 unspecified atom stereocenters. The first kappa shape index (κ1) is 11.9. The van der Waals surface area contributed by atoms with E-state index in [9.17, 15) is 0 Å². The average molecular weight is 219 g/mol. The Balaban J connectivity index is 0.000000531. The summed E-state index contributed by atoms with van der Waals surface area (Å²) in [6, 6.07) is 8.17. The predicted octanol–water partition coefficient (Wildman–Crippen LogP) is 4.40. The number of rotatable bonds is 2. The monoisotopic (exact) mass is 219 g/mol. The van der Waals surface area contributed by atoms with Gasteiger partial charge < -0.3 is 0 Å². The van der Waals surface area contributed by atoms with Gasteiger partial charge in [-0.25, -0.2) is 0 Å². The molecule has 0 aliphatic carbocycles. The highest BCUT2D eigenvalue weighted by Gasteiger charge is 2.04. The Morgan fingerprint density at radius 1 is 1.20 bits per heavy atom. The molecule has 0 aromatic carbocycles. The van der Waals surface area contributed by atoms with E-state index in [1.807, 2.05) is 32.2 Å². The molecule has 1 nitrogen and oxygen atoms in total. The highest BCUT2D eigenvalue weighted by molar-refractivity contribution is 7.10. The summed E-state index contributed by atoms with van der Waals surface area (Å²) in [7, 11) is 0. The van der Waals surface area contributed by atoms with Crippen LogP contribution in [-0.4, -0.2) is 4.98 Å². The summed E-state index contributed by atoms with van der Waals surface area (Å²) in [5.41, 5.74) is 2.37. The molecule has 0 amide bonds. The van der Waals surface area contributed by atoms with E-state index in [1.54, 1.807) is 11.3 Å². The van der Waals surface area contributed by atoms with Crippen molar-refractivity contribution in [3.8, 4) is 11.3 Å². The van der Waals surface area contributed by atoms with Crippen LogP contribution in [0.2, 0.25) is 0 Å². The first-order chi connectivity index (χ1) is 7.42. The third kappa shape index (κ3) is 2.90. The molecule has 2 rings (SSSR count). The molecular weight excluding hydrogens is 202 g/mol. The maximum absolute atomic E-state index is 4.34. The zero-order valence-corrected chi connectivity index (χ0v) is 10.3. The lowest BCUT2D eigenvalue weighted by Crippen LogP contribution is -1.83. The van der Waals surface area contributed by atoms with Crippen LogP contribution in [0.5, 0.6) is 0 Å². The summed E-state index contributed by atoms with van der Waals surface area (Å²) in [4.78, 5) is 5.75. The highest BCUT2D eigenvalue weighted by Crippen LogP contribution is 2.26. The number of pyridine rings is 1. The van der Waals surface area contributed by atoms with Crippen molar-refractivity contribution >= 4 is 11.3 Å². The van der Waals surface area contributed by atoms with Crippen LogP contribution in [0.25, 0.3) is 11.3 Å². The van der Waals surface area contributed by atoms with Crippen LogP contribution in [0.1, 0.15) is 25.6 Å². The molecule has 0 saturated carbocycles. The normalized spacial score (nSPS) is 9.27. The number of aromatic nitrogens is 1. The van der Waals surface area contributed by atoms with Gasteiger partial charge in [0, 0.05) is 16.6 Å². The lowest BCUT2D eigenvalue weighted by Gasteiger charge is -1.99. The lowest BCUT2D eigenvalue weighted by molar-refractivity contribution is 1.18. The van der Waals surface area contributed by atoms with Gasteiger partial charge in [-0.05, 0) is 30.0 Å². The zero-order chi connectivity index (χ0) is 11.1. The smallest absolute Gasteiger partial charge is 0.0713 e. The van der Waals surface area contributed by atoms with Gasteiger partial charge in [-0.3, -0.25) is 4.98 Å². The minimum Gasteiger partial charge on any atom is -0.256 e. The van der Waals surface area contributed by atoms with Gasteiger partial charge in [-0.1, -0.05) is 26.8 Å². The SMILES string of the molecule is CC.CCc1sccc1-c1ccccn1. The second-order valence-electron chi connectivity index (χ2n) is 2.83. The molecule has 0 atom stereocenters. The van der Waals surface area contributed by atoms with E-state index in [0.29, 0.717) is 0 Å². The minimum absolute atomic E-state index is 1.08. The number of nitrogens with zero attached hydrogens (tertiary/aromatic N) is 1. The van der Waals surface area contributed by atoms with Gasteiger partial charge in [0.1, 0.15) is 0 Å². The molecule has 0 bridgehead atoms. The molecule has 2 aromatic rings. The molecular formula is C13H17NS. The maximum Gasteiger partial charge on any atom is 0.0713 e. The summed E-state index contributed by atoms with van der Waals surface area (Å²) in [5, 5.41) is 2.13. The fourth-order valence-electron chi connectivity index (χ4n) is 1.36. The molecule has 0 fully saturated rings. The molecule has 0 saturated heterocycles. The van der Waals surface area contributed by atoms with E-state index in [2.05, 4.69) is 29.4 Å². The summed E-state index contributed by atoms with van der Waals surface area (Å²) < 4.78 is 0. The Bertz CT molecular complexity index is 378. The largest absolute Gasteiger partial charge is 0.256 e. The van der Waals surface area contributed by atoms with Crippen LogP contribution in [0.15, 0.2) is 35.8 Å². The van der Waals surface area contributed by atoms with E-state index >= 15 is 0 Å². The molecule has 2 heterocycles. The first-order valence-corrected chi connectivity index (χ1v) is 6.27. The van der Waals surface area contributed by atoms with Crippen molar-refractivity contribution in [1.29, 1.82) is 0 Å². The van der Waals surface area contributed by atoms with Gasteiger partial charge in [0.2, 0.25) is 0 Å². The Morgan fingerprint density at radius 2 is 2.00 bits per heavy atom. The Labute approximate surface area is 95.8 Å². The van der Waals surface area contributed by atoms with Crippen LogP contribution in [0.3, 0.4) is 0 Å². The van der Waals surface area contributed by atoms with Crippen molar-refractivity contribution in [2.45, 2.75) is 27.2 Å². The van der Waals surface area contributed by atoms with E-state index in [1.165, 1.54) is 10.4 Å². The number of thiophene rings is 1. The van der Waals surface area contributed by atoms with Crippen molar-refractivity contribution in [3.63, 3.8) is 0 Å². The Hall–Kier alpha value is -1.15. The summed E-state index contributed by atoms with van der Waals surface area (Å²) in [6.45, 7) is 6.18. The van der Waals surface area contributed by atoms with Gasteiger partial charge in [0.25, 0.3) is 0 Å². The van der Waals surface area contributed by atoms with E-state index in [-0.39, 0.29) is 0 Å². The summed E-state index contributed by atoms with van der Waals surface area (Å²) >= 11 is 1.80. The van der Waals surface area contributed by atoms with Crippen molar-refractivity contribution < 1.29 is 0 Å². The number of hydrogen-bond donors (Lipinski definition) is 0. The summed E-state index contributed by atoms with van der Waals surface area (Å²) in [6.07, 6.45) is 2.93. The third-order valence-electron chi connectivity index (χ3n) is 2.01. The van der Waals surface area contributed by atoms with Gasteiger partial charge in [0.15, 0.2) is 0 Å². The Kier molecular flexibility index (Phi) is 5.05. The minimum atomic E-state index is 1.08. The van der Waals surface area contributed by atoms with E-state index < -0.39 is 0 Å². The van der Waals surface area contributed by atoms with Crippen LogP contribution in [-0.2, 0) is 6.42 Å². The predicted molar refractivity (Wildman–Crippen MR) is 68.3 cm³/mol.